The Morgan fingerprint density at radius 3 is 2.60 bits per heavy atom. The summed E-state index contributed by atoms with van der Waals surface area (Å²) in [5.74, 6) is -1.79. The normalized spacial score (nSPS) is 31.0. The van der Waals surface area contributed by atoms with Crippen LogP contribution in [0, 0.1) is 17.8 Å². The van der Waals surface area contributed by atoms with E-state index < -0.39 is 28.7 Å². The molecule has 1 N–H and O–H groups in total. The average molecular weight is 595 g/mol. The minimum atomic E-state index is -0.763. The van der Waals surface area contributed by atoms with Crippen molar-refractivity contribution in [1.29, 1.82) is 0 Å². The fraction of sp³-hybridized carbons (Fsp3) is 0.618. The number of carbonyl (C=O) groups is 3. The van der Waals surface area contributed by atoms with E-state index in [1.54, 1.807) is 28.8 Å². The lowest BCUT2D eigenvalue weighted by Crippen LogP contribution is -2.61. The van der Waals surface area contributed by atoms with Crippen molar-refractivity contribution in [3.63, 3.8) is 0 Å². The highest BCUT2D eigenvalue weighted by Crippen LogP contribution is 2.69. The zero-order valence-corrected chi connectivity index (χ0v) is 25.7. The van der Waals surface area contributed by atoms with Gasteiger partial charge in [-0.2, -0.15) is 0 Å². The Morgan fingerprint density at radius 1 is 1.19 bits per heavy atom. The second-order valence-corrected chi connectivity index (χ2v) is 14.0. The topological polar surface area (TPSA) is 87.2 Å². The summed E-state index contributed by atoms with van der Waals surface area (Å²) < 4.78 is 4.99. The Labute approximate surface area is 254 Å². The molecule has 3 saturated heterocycles. The number of aliphatic hydroxyl groups is 1. The van der Waals surface area contributed by atoms with Gasteiger partial charge in [0.15, 0.2) is 0 Å². The largest absolute Gasteiger partial charge is 0.465 e. The number of nitrogens with zero attached hydrogens (tertiary/aromatic N) is 2. The van der Waals surface area contributed by atoms with Crippen molar-refractivity contribution < 1.29 is 24.2 Å². The van der Waals surface area contributed by atoms with Crippen LogP contribution in [0.25, 0.3) is 0 Å². The minimum Gasteiger partial charge on any atom is -0.465 e. The summed E-state index contributed by atoms with van der Waals surface area (Å²) in [6, 6.07) is 8.55. The van der Waals surface area contributed by atoms with Gasteiger partial charge in [0.25, 0.3) is 0 Å². The van der Waals surface area contributed by atoms with Gasteiger partial charge in [0.1, 0.15) is 6.04 Å². The van der Waals surface area contributed by atoms with Crippen molar-refractivity contribution in [2.75, 3.05) is 19.8 Å². The van der Waals surface area contributed by atoms with Crippen LogP contribution in [-0.4, -0.2) is 80.6 Å². The SMILES string of the molecule is C=CCCCOC(=O)[C@@H]1[C@@H]2CC(C)C3(S2)C(C(=O)N(CC=C)C2CCCCC2)N([C@@H](CO)Cc2ccccc2)C(=O)[C@H]13. The van der Waals surface area contributed by atoms with E-state index in [1.165, 1.54) is 6.42 Å². The number of allylic oxidation sites excluding steroid dienone is 1. The predicted octanol–water partition coefficient (Wildman–Crippen LogP) is 4.78. The molecule has 0 aromatic heterocycles. The van der Waals surface area contributed by atoms with Crippen molar-refractivity contribution in [1.82, 2.24) is 9.80 Å². The molecule has 3 aliphatic heterocycles. The van der Waals surface area contributed by atoms with Crippen molar-refractivity contribution in [3.05, 3.63) is 61.2 Å². The molecule has 7 atom stereocenters. The van der Waals surface area contributed by atoms with Gasteiger partial charge in [-0.1, -0.05) is 68.7 Å². The summed E-state index contributed by atoms with van der Waals surface area (Å²) in [5.41, 5.74) is 0.989. The number of carbonyl (C=O) groups excluding carboxylic acids is 3. The van der Waals surface area contributed by atoms with Crippen LogP contribution in [0.5, 0.6) is 0 Å². The van der Waals surface area contributed by atoms with Gasteiger partial charge < -0.3 is 19.6 Å². The van der Waals surface area contributed by atoms with Crippen LogP contribution in [0.4, 0.5) is 0 Å². The maximum Gasteiger partial charge on any atom is 0.310 e. The van der Waals surface area contributed by atoms with Gasteiger partial charge in [-0.3, -0.25) is 14.4 Å². The number of benzene rings is 1. The van der Waals surface area contributed by atoms with Gasteiger partial charge in [-0.05, 0) is 50.0 Å². The molecule has 1 aromatic rings. The summed E-state index contributed by atoms with van der Waals surface area (Å²) in [6.07, 6.45) is 11.4. The first-order valence-electron chi connectivity index (χ1n) is 15.7. The van der Waals surface area contributed by atoms with E-state index in [4.69, 9.17) is 4.74 Å². The van der Waals surface area contributed by atoms with Gasteiger partial charge in [0.2, 0.25) is 11.8 Å². The summed E-state index contributed by atoms with van der Waals surface area (Å²) in [6.45, 7) is 10.3. The molecular formula is C34H46N2O5S. The molecule has 2 amide bonds. The Kier molecular flexibility index (Phi) is 9.83. The van der Waals surface area contributed by atoms with E-state index in [0.29, 0.717) is 19.4 Å². The highest BCUT2D eigenvalue weighted by atomic mass is 32.2. The molecule has 228 valence electrons. The third-order valence-electron chi connectivity index (χ3n) is 10.0. The molecule has 1 spiro atoms. The first kappa shape index (κ1) is 30.9. The number of hydrogen-bond acceptors (Lipinski definition) is 6. The molecule has 1 saturated carbocycles. The minimum absolute atomic E-state index is 0.0539. The van der Waals surface area contributed by atoms with Gasteiger partial charge in [-0.15, -0.1) is 24.9 Å². The third kappa shape index (κ3) is 5.45. The van der Waals surface area contributed by atoms with Crippen molar-refractivity contribution >= 4 is 29.5 Å². The quantitative estimate of drug-likeness (QED) is 0.201. The number of likely N-dealkylation sites (tertiary alicyclic amines) is 1. The number of hydrogen-bond donors (Lipinski definition) is 1. The summed E-state index contributed by atoms with van der Waals surface area (Å²) in [7, 11) is 0. The lowest BCUT2D eigenvalue weighted by Gasteiger charge is -2.44. The molecule has 1 aromatic carbocycles. The molecule has 7 nitrogen and oxygen atoms in total. The van der Waals surface area contributed by atoms with E-state index in [2.05, 4.69) is 20.1 Å². The maximum atomic E-state index is 14.9. The van der Waals surface area contributed by atoms with E-state index in [1.807, 2.05) is 35.2 Å². The number of ether oxygens (including phenoxy) is 1. The van der Waals surface area contributed by atoms with Crippen molar-refractivity contribution in [3.8, 4) is 0 Å². The molecule has 4 fully saturated rings. The number of unbranched alkanes of at least 4 members (excludes halogenated alkanes) is 1. The van der Waals surface area contributed by atoms with Crippen LogP contribution in [-0.2, 0) is 25.5 Å². The molecule has 5 rings (SSSR count). The number of thioether (sulfide) groups is 1. The summed E-state index contributed by atoms with van der Waals surface area (Å²) >= 11 is 1.66. The first-order valence-corrected chi connectivity index (χ1v) is 16.6. The number of fused-ring (bicyclic) bond motifs is 1. The fourth-order valence-electron chi connectivity index (χ4n) is 8.14. The van der Waals surface area contributed by atoms with Crippen LogP contribution in [0.3, 0.4) is 0 Å². The van der Waals surface area contributed by atoms with Gasteiger partial charge in [0.05, 0.1) is 35.8 Å². The van der Waals surface area contributed by atoms with Crippen LogP contribution in [0.15, 0.2) is 55.6 Å². The van der Waals surface area contributed by atoms with Crippen LogP contribution < -0.4 is 0 Å². The van der Waals surface area contributed by atoms with Crippen molar-refractivity contribution in [2.24, 2.45) is 17.8 Å². The second-order valence-electron chi connectivity index (χ2n) is 12.5. The monoisotopic (exact) mass is 594 g/mol. The van der Waals surface area contributed by atoms with Crippen LogP contribution >= 0.6 is 11.8 Å². The van der Waals surface area contributed by atoms with E-state index in [-0.39, 0.29) is 48.2 Å². The Balaban J connectivity index is 1.55. The highest BCUT2D eigenvalue weighted by molar-refractivity contribution is 8.02. The fourth-order valence-corrected chi connectivity index (χ4v) is 10.5. The smallest absolute Gasteiger partial charge is 0.310 e. The Bertz CT molecular complexity index is 1150. The lowest BCUT2D eigenvalue weighted by molar-refractivity contribution is -0.155. The lowest BCUT2D eigenvalue weighted by atomic mass is 9.66. The number of rotatable bonds is 13. The van der Waals surface area contributed by atoms with Gasteiger partial charge >= 0.3 is 5.97 Å². The molecule has 0 radical (unpaired) electrons. The molecule has 1 aliphatic carbocycles. The van der Waals surface area contributed by atoms with Gasteiger partial charge in [0, 0.05) is 17.8 Å². The van der Waals surface area contributed by atoms with E-state index in [0.717, 1.165) is 44.1 Å². The molecule has 4 aliphatic rings. The number of amides is 2. The van der Waals surface area contributed by atoms with Crippen molar-refractivity contribution in [2.45, 2.75) is 92.8 Å². The molecule has 3 heterocycles. The second kappa shape index (κ2) is 13.4. The van der Waals surface area contributed by atoms with Crippen LogP contribution in [0.1, 0.15) is 63.9 Å². The molecular weight excluding hydrogens is 548 g/mol. The predicted molar refractivity (Wildman–Crippen MR) is 166 cm³/mol. The first-order chi connectivity index (χ1) is 20.4. The van der Waals surface area contributed by atoms with Gasteiger partial charge in [-0.25, -0.2) is 0 Å². The Hall–Kier alpha value is -2.58. The zero-order chi connectivity index (χ0) is 29.9. The van der Waals surface area contributed by atoms with E-state index >= 15 is 0 Å². The maximum absolute atomic E-state index is 14.9. The summed E-state index contributed by atoms with van der Waals surface area (Å²) in [5, 5.41) is 10.7. The highest BCUT2D eigenvalue weighted by Gasteiger charge is 2.77. The average Bonchev–Trinajstić information content (AvgIpc) is 3.61. The third-order valence-corrected chi connectivity index (χ3v) is 12.1. The Morgan fingerprint density at radius 2 is 1.93 bits per heavy atom. The van der Waals surface area contributed by atoms with E-state index in [9.17, 15) is 19.5 Å². The summed E-state index contributed by atoms with van der Waals surface area (Å²) in [4.78, 5) is 46.8. The molecule has 42 heavy (non-hydrogen) atoms. The van der Waals surface area contributed by atoms with Crippen LogP contribution in [0.2, 0.25) is 0 Å². The number of esters is 1. The standard InChI is InChI=1S/C34H46N2O5S/c1-4-6-13-19-41-33(40)28-27-20-23(3)34(42-27)29(28)31(38)36(26(22-37)21-24-14-9-7-10-15-24)30(34)32(39)35(18-5-2)25-16-11-8-12-17-25/h4-5,7,9-10,14-15,23,25-30,37H,1-2,6,8,11-13,16-22H2,3H3/t23?,26-,27+,28-,29+,30?,34?/m1/s1. The number of aliphatic hydroxyl groups excluding tert-OH is 1. The molecule has 3 unspecified atom stereocenters. The zero-order valence-electron chi connectivity index (χ0n) is 24.9. The molecule has 2 bridgehead atoms. The molecule has 8 heteroatoms.